The number of fused-ring (bicyclic) bond motifs is 1. The van der Waals surface area contributed by atoms with Crippen LogP contribution >= 0.6 is 0 Å². The van der Waals surface area contributed by atoms with E-state index in [0.29, 0.717) is 11.3 Å². The first-order valence-corrected chi connectivity index (χ1v) is 9.97. The maximum absolute atomic E-state index is 12.0. The van der Waals surface area contributed by atoms with Gasteiger partial charge >= 0.3 is 0 Å². The minimum atomic E-state index is -3.68. The smallest absolute Gasteiger partial charge is 0.285 e. The van der Waals surface area contributed by atoms with Gasteiger partial charge in [-0.05, 0) is 36.4 Å². The second-order valence-electron chi connectivity index (χ2n) is 4.96. The van der Waals surface area contributed by atoms with E-state index in [4.69, 9.17) is 0 Å². The number of benzene rings is 2. The van der Waals surface area contributed by atoms with Crippen molar-refractivity contribution < 1.29 is 16.8 Å². The first-order valence-electron chi connectivity index (χ1n) is 6.88. The summed E-state index contributed by atoms with van der Waals surface area (Å²) in [4.78, 5) is 0.389. The van der Waals surface area contributed by atoms with E-state index < -0.39 is 19.9 Å². The Bertz CT molecular complexity index is 992. The molecular formula is C15H14N2O4S2. The first kappa shape index (κ1) is 15.7. The quantitative estimate of drug-likeness (QED) is 0.914. The Morgan fingerprint density at radius 2 is 1.70 bits per heavy atom. The molecule has 0 aromatic heterocycles. The minimum Gasteiger partial charge on any atom is -0.339 e. The lowest BCUT2D eigenvalue weighted by atomic mass is 10.2. The summed E-state index contributed by atoms with van der Waals surface area (Å²) in [5, 5.41) is 2.93. The van der Waals surface area contributed by atoms with Crippen LogP contribution in [0.3, 0.4) is 0 Å². The van der Waals surface area contributed by atoms with Gasteiger partial charge in [-0.3, -0.25) is 0 Å². The zero-order chi connectivity index (χ0) is 16.7. The van der Waals surface area contributed by atoms with Gasteiger partial charge in [-0.15, -0.1) is 4.40 Å². The van der Waals surface area contributed by atoms with Gasteiger partial charge < -0.3 is 5.32 Å². The summed E-state index contributed by atoms with van der Waals surface area (Å²) in [5.41, 5.74) is 1.06. The number of rotatable bonds is 3. The van der Waals surface area contributed by atoms with Crippen molar-refractivity contribution in [1.29, 1.82) is 0 Å². The summed E-state index contributed by atoms with van der Waals surface area (Å²) < 4.78 is 51.2. The standard InChI is InChI=1S/C15H14N2O4S2/c1-2-22(18,19)12-9-7-11(8-10-12)16-15-13-5-3-4-6-14(13)23(20,21)17-15/h3-10H,2H2,1H3,(H,16,17). The van der Waals surface area contributed by atoms with E-state index in [1.54, 1.807) is 37.3 Å². The van der Waals surface area contributed by atoms with Gasteiger partial charge in [0.2, 0.25) is 0 Å². The molecule has 1 heterocycles. The molecule has 1 N–H and O–H groups in total. The number of amidine groups is 1. The molecule has 23 heavy (non-hydrogen) atoms. The van der Waals surface area contributed by atoms with Crippen LogP contribution in [-0.2, 0) is 19.9 Å². The van der Waals surface area contributed by atoms with Crippen molar-refractivity contribution in [1.82, 2.24) is 0 Å². The summed E-state index contributed by atoms with van der Waals surface area (Å²) >= 11 is 0. The summed E-state index contributed by atoms with van der Waals surface area (Å²) in [7, 11) is -6.94. The third-order valence-electron chi connectivity index (χ3n) is 3.49. The van der Waals surface area contributed by atoms with Crippen LogP contribution in [0.2, 0.25) is 0 Å². The van der Waals surface area contributed by atoms with E-state index in [2.05, 4.69) is 9.71 Å². The summed E-state index contributed by atoms with van der Waals surface area (Å²) in [6, 6.07) is 12.7. The van der Waals surface area contributed by atoms with E-state index in [0.717, 1.165) is 0 Å². The van der Waals surface area contributed by atoms with Crippen molar-refractivity contribution >= 4 is 31.4 Å². The van der Waals surface area contributed by atoms with Crippen LogP contribution in [0, 0.1) is 0 Å². The van der Waals surface area contributed by atoms with E-state index in [1.807, 2.05) is 0 Å². The lowest BCUT2D eigenvalue weighted by Crippen LogP contribution is -2.11. The Hall–Kier alpha value is -2.19. The van der Waals surface area contributed by atoms with Gasteiger partial charge in [-0.25, -0.2) is 8.42 Å². The fourth-order valence-electron chi connectivity index (χ4n) is 2.24. The molecule has 2 aromatic carbocycles. The Balaban J connectivity index is 1.92. The Morgan fingerprint density at radius 3 is 2.35 bits per heavy atom. The van der Waals surface area contributed by atoms with Gasteiger partial charge in [0.25, 0.3) is 10.0 Å². The van der Waals surface area contributed by atoms with Gasteiger partial charge in [-0.1, -0.05) is 19.1 Å². The summed E-state index contributed by atoms with van der Waals surface area (Å²) in [5.74, 6) is 0.254. The molecule has 0 saturated carbocycles. The fourth-order valence-corrected chi connectivity index (χ4v) is 4.30. The predicted octanol–water partition coefficient (Wildman–Crippen LogP) is 2.04. The highest BCUT2D eigenvalue weighted by atomic mass is 32.2. The highest BCUT2D eigenvalue weighted by Crippen LogP contribution is 2.27. The maximum atomic E-state index is 12.0. The van der Waals surface area contributed by atoms with Crippen LogP contribution in [0.15, 0.2) is 62.7 Å². The van der Waals surface area contributed by atoms with E-state index in [9.17, 15) is 16.8 Å². The van der Waals surface area contributed by atoms with Crippen molar-refractivity contribution in [2.75, 3.05) is 11.1 Å². The van der Waals surface area contributed by atoms with Crippen LogP contribution < -0.4 is 5.32 Å². The number of sulfonamides is 1. The van der Waals surface area contributed by atoms with Gasteiger partial charge in [0.1, 0.15) is 4.90 Å². The second-order valence-corrected chi connectivity index (χ2v) is 8.81. The SMILES string of the molecule is CCS(=O)(=O)c1ccc(NC2=NS(=O)(=O)c3ccccc32)cc1. The van der Waals surface area contributed by atoms with Crippen LogP contribution in [0.25, 0.3) is 0 Å². The third-order valence-corrected chi connectivity index (χ3v) is 6.57. The molecule has 0 radical (unpaired) electrons. The van der Waals surface area contributed by atoms with E-state index >= 15 is 0 Å². The van der Waals surface area contributed by atoms with Gasteiger partial charge in [0.05, 0.1) is 10.6 Å². The number of hydrogen-bond acceptors (Lipinski definition) is 5. The topological polar surface area (TPSA) is 92.7 Å². The summed E-state index contributed by atoms with van der Waals surface area (Å²) in [6.45, 7) is 1.58. The average Bonchev–Trinajstić information content (AvgIpc) is 2.79. The molecule has 3 rings (SSSR count). The highest BCUT2D eigenvalue weighted by Gasteiger charge is 2.28. The minimum absolute atomic E-state index is 0.0259. The zero-order valence-corrected chi connectivity index (χ0v) is 13.9. The molecule has 0 bridgehead atoms. The number of hydrogen-bond donors (Lipinski definition) is 1. The fraction of sp³-hybridized carbons (Fsp3) is 0.133. The molecule has 1 aliphatic heterocycles. The Kier molecular flexibility index (Phi) is 3.73. The monoisotopic (exact) mass is 350 g/mol. The van der Waals surface area contributed by atoms with Crippen LogP contribution in [0.4, 0.5) is 5.69 Å². The molecule has 120 valence electrons. The van der Waals surface area contributed by atoms with Gasteiger partial charge in [-0.2, -0.15) is 8.42 Å². The number of nitrogens with one attached hydrogen (secondary N) is 1. The third kappa shape index (κ3) is 2.87. The van der Waals surface area contributed by atoms with Crippen LogP contribution in [0.1, 0.15) is 12.5 Å². The lowest BCUT2D eigenvalue weighted by molar-refractivity contribution is 0.596. The molecule has 0 aliphatic carbocycles. The molecule has 1 aliphatic rings. The lowest BCUT2D eigenvalue weighted by Gasteiger charge is -2.07. The number of anilines is 1. The van der Waals surface area contributed by atoms with E-state index in [1.165, 1.54) is 18.2 Å². The Labute approximate surface area is 134 Å². The molecule has 0 unspecified atom stereocenters. The van der Waals surface area contributed by atoms with Gasteiger partial charge in [0.15, 0.2) is 15.7 Å². The molecule has 0 saturated heterocycles. The molecule has 0 spiro atoms. The van der Waals surface area contributed by atoms with Crippen molar-refractivity contribution in [2.24, 2.45) is 4.40 Å². The van der Waals surface area contributed by atoms with Crippen molar-refractivity contribution in [3.63, 3.8) is 0 Å². The molecule has 0 atom stereocenters. The highest BCUT2D eigenvalue weighted by molar-refractivity contribution is 7.91. The maximum Gasteiger partial charge on any atom is 0.285 e. The second kappa shape index (κ2) is 5.47. The normalized spacial score (nSPS) is 15.8. The summed E-state index contributed by atoms with van der Waals surface area (Å²) in [6.07, 6.45) is 0. The molecule has 0 amide bonds. The van der Waals surface area contributed by atoms with Crippen molar-refractivity contribution in [2.45, 2.75) is 16.7 Å². The molecule has 8 heteroatoms. The Morgan fingerprint density at radius 1 is 1.04 bits per heavy atom. The zero-order valence-electron chi connectivity index (χ0n) is 12.2. The van der Waals surface area contributed by atoms with Crippen molar-refractivity contribution in [3.8, 4) is 0 Å². The molecular weight excluding hydrogens is 336 g/mol. The number of nitrogens with zero attached hydrogens (tertiary/aromatic N) is 1. The van der Waals surface area contributed by atoms with Crippen LogP contribution in [-0.4, -0.2) is 28.4 Å². The average molecular weight is 350 g/mol. The largest absolute Gasteiger partial charge is 0.339 e. The number of sulfone groups is 1. The van der Waals surface area contributed by atoms with Gasteiger partial charge in [0, 0.05) is 11.3 Å². The predicted molar refractivity (Wildman–Crippen MR) is 88.0 cm³/mol. The molecule has 6 nitrogen and oxygen atoms in total. The molecule has 0 fully saturated rings. The molecule has 2 aromatic rings. The van der Waals surface area contributed by atoms with E-state index in [-0.39, 0.29) is 21.4 Å². The first-order chi connectivity index (χ1) is 10.8. The van der Waals surface area contributed by atoms with Crippen LogP contribution in [0.5, 0.6) is 0 Å². The van der Waals surface area contributed by atoms with Crippen molar-refractivity contribution in [3.05, 3.63) is 54.1 Å².